The predicted octanol–water partition coefficient (Wildman–Crippen LogP) is 0.0748. The van der Waals surface area contributed by atoms with Crippen LogP contribution in [0.25, 0.3) is 0 Å². The lowest BCUT2D eigenvalue weighted by Crippen LogP contribution is -2.54. The highest BCUT2D eigenvalue weighted by atomic mass is 19.5. The molecule has 56 valence electrons. The fourth-order valence-electron chi connectivity index (χ4n) is 0. The summed E-state index contributed by atoms with van der Waals surface area (Å²) in [6.07, 6.45) is 0. The zero-order chi connectivity index (χ0) is 8.08. The molecule has 0 bridgehead atoms. The second kappa shape index (κ2) is 4.31. The minimum atomic E-state index is -6.00. The van der Waals surface area contributed by atoms with E-state index in [2.05, 4.69) is 5.73 Å². The standard InChI is InChI=1S/C2H5NO.BF4/c1-2(3)4;2-1(3,4)5/h1H3,(H2,3,4);/q;-1/p+1. The molecule has 0 saturated carbocycles. The van der Waals surface area contributed by atoms with Crippen LogP contribution in [0.15, 0.2) is 0 Å². The van der Waals surface area contributed by atoms with Crippen molar-refractivity contribution in [2.75, 3.05) is 0 Å². The molecule has 0 heterocycles. The molecular formula is C2H6BF4NO. The third-order valence-corrected chi connectivity index (χ3v) is 0. The fourth-order valence-corrected chi connectivity index (χ4v) is 0. The predicted molar refractivity (Wildman–Crippen MR) is 23.8 cm³/mol. The summed E-state index contributed by atoms with van der Waals surface area (Å²) in [6, 6.07) is 0. The van der Waals surface area contributed by atoms with Crippen molar-refractivity contribution in [3.8, 4) is 0 Å². The summed E-state index contributed by atoms with van der Waals surface area (Å²) in [6.45, 7) is 1.42. The number of hydrogen-bond acceptors (Lipinski definition) is 1. The van der Waals surface area contributed by atoms with Crippen LogP contribution in [0.5, 0.6) is 0 Å². The lowest BCUT2D eigenvalue weighted by molar-refractivity contribution is -0.302. The summed E-state index contributed by atoms with van der Waals surface area (Å²) < 4.78 is 39.0. The van der Waals surface area contributed by atoms with Gasteiger partial charge in [-0.15, -0.1) is 0 Å². The topological polar surface area (TPSA) is 44.7 Å². The minimum absolute atomic E-state index is 0.0833. The molecule has 2 nitrogen and oxygen atoms in total. The van der Waals surface area contributed by atoms with E-state index in [1.807, 2.05) is 0 Å². The van der Waals surface area contributed by atoms with Gasteiger partial charge in [0.1, 0.15) is 0 Å². The van der Waals surface area contributed by atoms with E-state index in [1.54, 1.807) is 0 Å². The molecule has 0 aromatic heterocycles. The van der Waals surface area contributed by atoms with Gasteiger partial charge in [0.2, 0.25) is 0 Å². The zero-order valence-corrected chi connectivity index (χ0v) is 4.70. The maximum atomic E-state index is 9.75. The van der Waals surface area contributed by atoms with E-state index < -0.39 is 7.25 Å². The molecule has 0 saturated heterocycles. The van der Waals surface area contributed by atoms with Crippen molar-refractivity contribution in [2.24, 2.45) is 0 Å². The van der Waals surface area contributed by atoms with E-state index in [1.165, 1.54) is 6.92 Å². The lowest BCUT2D eigenvalue weighted by Gasteiger charge is -1.94. The second-order valence-electron chi connectivity index (χ2n) is 1.20. The fraction of sp³-hybridized carbons (Fsp3) is 0.500. The van der Waals surface area contributed by atoms with Crippen LogP contribution in [0.2, 0.25) is 0 Å². The molecule has 0 aliphatic carbocycles. The lowest BCUT2D eigenvalue weighted by atomic mass is 10.3. The molecule has 0 radical (unpaired) electrons. The molecule has 0 aliphatic rings. The van der Waals surface area contributed by atoms with Gasteiger partial charge in [0.05, 0.1) is 6.92 Å². The van der Waals surface area contributed by atoms with Crippen molar-refractivity contribution in [2.45, 2.75) is 6.92 Å². The number of rotatable bonds is 0. The second-order valence-corrected chi connectivity index (χ2v) is 1.20. The van der Waals surface area contributed by atoms with Crippen LogP contribution in [0.4, 0.5) is 17.3 Å². The summed E-state index contributed by atoms with van der Waals surface area (Å²) >= 11 is 0. The Morgan fingerprint density at radius 1 is 1.33 bits per heavy atom. The Kier molecular flexibility index (Phi) is 5.38. The number of amides is 1. The summed E-state index contributed by atoms with van der Waals surface area (Å²) in [7, 11) is -6.00. The molecule has 7 heteroatoms. The van der Waals surface area contributed by atoms with Crippen LogP contribution in [0.1, 0.15) is 6.92 Å². The third-order valence-electron chi connectivity index (χ3n) is 0. The first-order valence-corrected chi connectivity index (χ1v) is 1.93. The molecular weight excluding hydrogens is 141 g/mol. The Hall–Kier alpha value is -0.585. The highest BCUT2D eigenvalue weighted by Gasteiger charge is 2.20. The van der Waals surface area contributed by atoms with E-state index in [0.717, 1.165) is 0 Å². The van der Waals surface area contributed by atoms with E-state index in [9.17, 15) is 22.1 Å². The first-order valence-electron chi connectivity index (χ1n) is 1.93. The average Bonchev–Trinajstić information content (AvgIpc) is 1.19. The van der Waals surface area contributed by atoms with Gasteiger partial charge in [-0.1, -0.05) is 0 Å². The van der Waals surface area contributed by atoms with Gasteiger partial charge < -0.3 is 17.3 Å². The Bertz CT molecular complexity index is 81.1. The molecule has 0 aliphatic heterocycles. The van der Waals surface area contributed by atoms with Gasteiger partial charge in [0, 0.05) is 0 Å². The largest absolute Gasteiger partial charge is 0.673 e. The SMILES string of the molecule is CC([NH3+])=O.F[B-](F)(F)F. The van der Waals surface area contributed by atoms with E-state index in [0.29, 0.717) is 0 Å². The average molecular weight is 147 g/mol. The first-order chi connectivity index (χ1) is 3.73. The molecule has 0 fully saturated rings. The molecule has 9 heavy (non-hydrogen) atoms. The Balaban J connectivity index is 0. The van der Waals surface area contributed by atoms with Gasteiger partial charge in [0.15, 0.2) is 0 Å². The number of halogens is 4. The number of carbonyl (C=O) groups is 1. The van der Waals surface area contributed by atoms with Crippen molar-refractivity contribution in [3.63, 3.8) is 0 Å². The van der Waals surface area contributed by atoms with Crippen LogP contribution < -0.4 is 5.73 Å². The smallest absolute Gasteiger partial charge is 0.418 e. The van der Waals surface area contributed by atoms with Crippen molar-refractivity contribution in [1.82, 2.24) is 0 Å². The quantitative estimate of drug-likeness (QED) is 0.382. The van der Waals surface area contributed by atoms with Crippen molar-refractivity contribution < 1.29 is 27.8 Å². The van der Waals surface area contributed by atoms with Crippen molar-refractivity contribution >= 4 is 13.2 Å². The van der Waals surface area contributed by atoms with Crippen LogP contribution in [-0.2, 0) is 4.79 Å². The molecule has 1 amide bonds. The molecule has 0 rings (SSSR count). The summed E-state index contributed by atoms with van der Waals surface area (Å²) in [5.41, 5.74) is 3.00. The highest BCUT2D eigenvalue weighted by Crippen LogP contribution is 2.06. The number of hydrogen-bond donors (Lipinski definition) is 1. The molecule has 3 N–H and O–H groups in total. The minimum Gasteiger partial charge on any atom is -0.418 e. The van der Waals surface area contributed by atoms with Crippen molar-refractivity contribution in [3.05, 3.63) is 0 Å². The first kappa shape index (κ1) is 11.2. The number of quaternary nitrogens is 1. The normalized spacial score (nSPS) is 9.56. The summed E-state index contributed by atoms with van der Waals surface area (Å²) in [5, 5.41) is 0. The maximum Gasteiger partial charge on any atom is 0.673 e. The molecule has 0 spiro atoms. The molecule has 0 aromatic carbocycles. The van der Waals surface area contributed by atoms with Crippen LogP contribution in [0.3, 0.4) is 0 Å². The summed E-state index contributed by atoms with van der Waals surface area (Å²) in [4.78, 5) is 9.33. The van der Waals surface area contributed by atoms with Gasteiger partial charge >= 0.3 is 13.2 Å². The molecule has 0 unspecified atom stereocenters. The van der Waals surface area contributed by atoms with Gasteiger partial charge in [-0.25, -0.2) is 4.79 Å². The Morgan fingerprint density at radius 3 is 1.33 bits per heavy atom. The maximum absolute atomic E-state index is 9.75. The van der Waals surface area contributed by atoms with Crippen molar-refractivity contribution in [1.29, 1.82) is 0 Å². The van der Waals surface area contributed by atoms with Gasteiger partial charge in [-0.2, -0.15) is 0 Å². The Labute approximate surface area is 49.1 Å². The number of carbonyl (C=O) groups excluding carboxylic acids is 1. The van der Waals surface area contributed by atoms with Gasteiger partial charge in [-0.3, -0.25) is 5.73 Å². The Morgan fingerprint density at radius 2 is 1.33 bits per heavy atom. The van der Waals surface area contributed by atoms with E-state index >= 15 is 0 Å². The van der Waals surface area contributed by atoms with E-state index in [4.69, 9.17) is 0 Å². The summed E-state index contributed by atoms with van der Waals surface area (Å²) in [5.74, 6) is -0.0833. The third kappa shape index (κ3) is 635. The molecule has 0 aromatic rings. The van der Waals surface area contributed by atoms with Crippen LogP contribution in [-0.4, -0.2) is 13.2 Å². The zero-order valence-electron chi connectivity index (χ0n) is 4.70. The van der Waals surface area contributed by atoms with E-state index in [-0.39, 0.29) is 5.91 Å². The highest BCUT2D eigenvalue weighted by molar-refractivity contribution is 6.50. The van der Waals surface area contributed by atoms with Crippen LogP contribution >= 0.6 is 0 Å². The van der Waals surface area contributed by atoms with Gasteiger partial charge in [-0.05, 0) is 0 Å². The van der Waals surface area contributed by atoms with Crippen LogP contribution in [0, 0.1) is 0 Å². The van der Waals surface area contributed by atoms with Gasteiger partial charge in [0.25, 0.3) is 0 Å². The monoisotopic (exact) mass is 147 g/mol. The molecule has 0 atom stereocenters.